The molecule has 3 heterocycles. The van der Waals surface area contributed by atoms with Gasteiger partial charge in [0.1, 0.15) is 18.2 Å². The zero-order valence-corrected chi connectivity index (χ0v) is 15.9. The second kappa shape index (κ2) is 7.21. The first kappa shape index (κ1) is 17.1. The SMILES string of the molecule is COCCOc1cccc(CN2[C@H]3CC[C@H]2c2cnc(C4CC4)nc2C3)c1. The summed E-state index contributed by atoms with van der Waals surface area (Å²) in [7, 11) is 1.70. The van der Waals surface area contributed by atoms with Crippen LogP contribution in [0.1, 0.15) is 60.3 Å². The van der Waals surface area contributed by atoms with Crippen LogP contribution in [0.2, 0.25) is 0 Å². The van der Waals surface area contributed by atoms with E-state index in [0.29, 0.717) is 31.2 Å². The highest BCUT2D eigenvalue weighted by atomic mass is 16.5. The van der Waals surface area contributed by atoms with Crippen molar-refractivity contribution in [3.8, 4) is 5.75 Å². The van der Waals surface area contributed by atoms with Crippen molar-refractivity contribution in [3.05, 3.63) is 53.1 Å². The van der Waals surface area contributed by atoms with Gasteiger partial charge < -0.3 is 9.47 Å². The molecule has 27 heavy (non-hydrogen) atoms. The minimum atomic E-state index is 0.463. The van der Waals surface area contributed by atoms with Gasteiger partial charge in [-0.25, -0.2) is 9.97 Å². The van der Waals surface area contributed by atoms with E-state index in [-0.39, 0.29) is 0 Å². The summed E-state index contributed by atoms with van der Waals surface area (Å²) in [6, 6.07) is 9.53. The lowest BCUT2D eigenvalue weighted by atomic mass is 9.98. The average molecular weight is 365 g/mol. The Morgan fingerprint density at radius 3 is 2.93 bits per heavy atom. The molecule has 3 aliphatic rings. The number of hydrogen-bond acceptors (Lipinski definition) is 5. The summed E-state index contributed by atoms with van der Waals surface area (Å²) in [4.78, 5) is 12.3. The van der Waals surface area contributed by atoms with E-state index >= 15 is 0 Å². The zero-order chi connectivity index (χ0) is 18.2. The minimum absolute atomic E-state index is 0.463. The fraction of sp³-hybridized carbons (Fsp3) is 0.545. The van der Waals surface area contributed by atoms with Gasteiger partial charge in [0, 0.05) is 49.8 Å². The Labute approximate surface area is 160 Å². The van der Waals surface area contributed by atoms with E-state index in [0.717, 1.165) is 24.5 Å². The fourth-order valence-electron chi connectivity index (χ4n) is 4.56. The number of benzene rings is 1. The van der Waals surface area contributed by atoms with Crippen LogP contribution in [0.3, 0.4) is 0 Å². The highest BCUT2D eigenvalue weighted by Gasteiger charge is 2.41. The number of methoxy groups -OCH3 is 1. The van der Waals surface area contributed by atoms with Crippen molar-refractivity contribution < 1.29 is 9.47 Å². The Balaban J connectivity index is 1.32. The summed E-state index contributed by atoms with van der Waals surface area (Å²) in [6.07, 6.45) is 8.19. The molecule has 0 unspecified atom stereocenters. The molecule has 0 N–H and O–H groups in total. The molecule has 142 valence electrons. The largest absolute Gasteiger partial charge is 0.491 e. The van der Waals surface area contributed by atoms with Crippen molar-refractivity contribution in [2.45, 2.75) is 56.7 Å². The molecule has 1 aromatic carbocycles. The standard InChI is InChI=1S/C22H27N3O2/c1-26-9-10-27-18-4-2-3-15(11-18)14-25-17-7-8-21(25)19-13-23-22(16-5-6-16)24-20(19)12-17/h2-4,11,13,16-17,21H,5-10,12,14H2,1H3/t17-,21-/m0/s1. The lowest BCUT2D eigenvalue weighted by Crippen LogP contribution is -2.37. The predicted molar refractivity (Wildman–Crippen MR) is 103 cm³/mol. The van der Waals surface area contributed by atoms with Gasteiger partial charge in [0.25, 0.3) is 0 Å². The third-order valence-corrected chi connectivity index (χ3v) is 6.11. The molecule has 0 amide bonds. The second-order valence-corrected chi connectivity index (χ2v) is 8.02. The Bertz CT molecular complexity index is 821. The molecule has 2 fully saturated rings. The Kier molecular flexibility index (Phi) is 4.58. The van der Waals surface area contributed by atoms with Crippen LogP contribution in [0.25, 0.3) is 0 Å². The first-order valence-electron chi connectivity index (χ1n) is 10.1. The van der Waals surface area contributed by atoms with Crippen molar-refractivity contribution >= 4 is 0 Å². The van der Waals surface area contributed by atoms with E-state index in [1.807, 2.05) is 6.07 Å². The predicted octanol–water partition coefficient (Wildman–Crippen LogP) is 3.64. The third kappa shape index (κ3) is 3.46. The minimum Gasteiger partial charge on any atom is -0.491 e. The van der Waals surface area contributed by atoms with Crippen LogP contribution in [0.5, 0.6) is 5.75 Å². The number of hydrogen-bond donors (Lipinski definition) is 0. The molecular formula is C22H27N3O2. The lowest BCUT2D eigenvalue weighted by molar-refractivity contribution is 0.146. The van der Waals surface area contributed by atoms with Crippen LogP contribution in [0.4, 0.5) is 0 Å². The van der Waals surface area contributed by atoms with E-state index in [1.165, 1.54) is 42.5 Å². The van der Waals surface area contributed by atoms with Crippen molar-refractivity contribution in [2.75, 3.05) is 20.3 Å². The summed E-state index contributed by atoms with van der Waals surface area (Å²) in [5.41, 5.74) is 3.98. The number of aromatic nitrogens is 2. The summed E-state index contributed by atoms with van der Waals surface area (Å²) >= 11 is 0. The van der Waals surface area contributed by atoms with Crippen LogP contribution in [0.15, 0.2) is 30.5 Å². The van der Waals surface area contributed by atoms with Crippen LogP contribution < -0.4 is 4.74 Å². The number of nitrogens with zero attached hydrogens (tertiary/aromatic N) is 3. The normalized spacial score (nSPS) is 24.0. The Morgan fingerprint density at radius 2 is 2.07 bits per heavy atom. The van der Waals surface area contributed by atoms with Gasteiger partial charge in [-0.1, -0.05) is 12.1 Å². The third-order valence-electron chi connectivity index (χ3n) is 6.11. The van der Waals surface area contributed by atoms with Gasteiger partial charge in [-0.3, -0.25) is 4.90 Å². The second-order valence-electron chi connectivity index (χ2n) is 8.02. The Hall–Kier alpha value is -1.98. The van der Waals surface area contributed by atoms with Gasteiger partial charge in [-0.2, -0.15) is 0 Å². The van der Waals surface area contributed by atoms with Gasteiger partial charge in [0.05, 0.1) is 12.3 Å². The molecular weight excluding hydrogens is 338 g/mol. The number of fused-ring (bicyclic) bond motifs is 4. The molecule has 5 nitrogen and oxygen atoms in total. The molecule has 0 radical (unpaired) electrons. The molecule has 2 atom stereocenters. The van der Waals surface area contributed by atoms with Gasteiger partial charge in [-0.05, 0) is 43.4 Å². The average Bonchev–Trinajstić information content (AvgIpc) is 3.49. The van der Waals surface area contributed by atoms with Crippen LogP contribution in [-0.2, 0) is 17.7 Å². The van der Waals surface area contributed by atoms with E-state index in [1.54, 1.807) is 7.11 Å². The van der Waals surface area contributed by atoms with E-state index in [9.17, 15) is 0 Å². The fourth-order valence-corrected chi connectivity index (χ4v) is 4.56. The topological polar surface area (TPSA) is 47.5 Å². The number of ether oxygens (including phenoxy) is 2. The highest BCUT2D eigenvalue weighted by molar-refractivity contribution is 5.32. The van der Waals surface area contributed by atoms with Gasteiger partial charge in [0.15, 0.2) is 0 Å². The van der Waals surface area contributed by atoms with Crippen molar-refractivity contribution in [1.82, 2.24) is 14.9 Å². The van der Waals surface area contributed by atoms with E-state index in [4.69, 9.17) is 19.4 Å². The molecule has 1 saturated carbocycles. The van der Waals surface area contributed by atoms with E-state index < -0.39 is 0 Å². The Morgan fingerprint density at radius 1 is 1.15 bits per heavy atom. The molecule has 0 spiro atoms. The molecule has 2 bridgehead atoms. The van der Waals surface area contributed by atoms with E-state index in [2.05, 4.69) is 29.3 Å². The maximum atomic E-state index is 5.78. The smallest absolute Gasteiger partial charge is 0.131 e. The lowest BCUT2D eigenvalue weighted by Gasteiger charge is -2.35. The number of rotatable bonds is 7. The molecule has 5 heteroatoms. The first-order chi connectivity index (χ1) is 13.3. The summed E-state index contributed by atoms with van der Waals surface area (Å²) in [5.74, 6) is 2.64. The molecule has 1 saturated heterocycles. The summed E-state index contributed by atoms with van der Waals surface area (Å²) < 4.78 is 10.8. The van der Waals surface area contributed by atoms with Crippen molar-refractivity contribution in [3.63, 3.8) is 0 Å². The molecule has 1 aromatic heterocycles. The van der Waals surface area contributed by atoms with Crippen LogP contribution in [0, 0.1) is 0 Å². The molecule has 5 rings (SSSR count). The molecule has 2 aliphatic heterocycles. The quantitative estimate of drug-likeness (QED) is 0.701. The molecule has 2 aromatic rings. The maximum absolute atomic E-state index is 5.78. The monoisotopic (exact) mass is 365 g/mol. The van der Waals surface area contributed by atoms with Crippen LogP contribution >= 0.6 is 0 Å². The van der Waals surface area contributed by atoms with Gasteiger partial charge in [-0.15, -0.1) is 0 Å². The summed E-state index contributed by atoms with van der Waals surface area (Å²) in [6.45, 7) is 2.16. The maximum Gasteiger partial charge on any atom is 0.131 e. The summed E-state index contributed by atoms with van der Waals surface area (Å²) in [5, 5.41) is 0. The van der Waals surface area contributed by atoms with Crippen molar-refractivity contribution in [2.24, 2.45) is 0 Å². The highest BCUT2D eigenvalue weighted by Crippen LogP contribution is 2.45. The van der Waals surface area contributed by atoms with Gasteiger partial charge >= 0.3 is 0 Å². The first-order valence-corrected chi connectivity index (χ1v) is 10.1. The van der Waals surface area contributed by atoms with Crippen LogP contribution in [-0.4, -0.2) is 41.2 Å². The zero-order valence-electron chi connectivity index (χ0n) is 15.9. The van der Waals surface area contributed by atoms with Gasteiger partial charge in [0.2, 0.25) is 0 Å². The van der Waals surface area contributed by atoms with Crippen molar-refractivity contribution in [1.29, 1.82) is 0 Å². The molecule has 1 aliphatic carbocycles.